The largest absolute Gasteiger partial charge is 0.444 e. The van der Waals surface area contributed by atoms with Crippen molar-refractivity contribution in [1.82, 2.24) is 19.7 Å². The SMILES string of the molecule is C[C@@H]1CN(CC(=O)N2CC(C)(C)c3ncc(Cc4ccc(F)cc4)cc32)[C@@H](CN2CC3CC2CO3)CN1C(=O)OC(C)(C)C. The van der Waals surface area contributed by atoms with Gasteiger partial charge in [-0.1, -0.05) is 26.0 Å². The molecule has 0 spiro atoms. The number of hydrogen-bond acceptors (Lipinski definition) is 7. The highest BCUT2D eigenvalue weighted by molar-refractivity contribution is 5.97. The van der Waals surface area contributed by atoms with Crippen LogP contribution < -0.4 is 4.90 Å². The molecular weight excluding hydrogens is 561 g/mol. The molecule has 9 nitrogen and oxygen atoms in total. The van der Waals surface area contributed by atoms with Crippen LogP contribution in [0.1, 0.15) is 64.8 Å². The van der Waals surface area contributed by atoms with Gasteiger partial charge in [0.2, 0.25) is 5.91 Å². The number of pyridine rings is 1. The number of ether oxygens (including phenoxy) is 2. The van der Waals surface area contributed by atoms with E-state index in [0.29, 0.717) is 32.1 Å². The van der Waals surface area contributed by atoms with Gasteiger partial charge in [0.1, 0.15) is 11.4 Å². The Bertz CT molecular complexity index is 1390. The zero-order chi connectivity index (χ0) is 31.4. The Kier molecular flexibility index (Phi) is 8.22. The van der Waals surface area contributed by atoms with Crippen molar-refractivity contribution in [2.75, 3.05) is 50.8 Å². The van der Waals surface area contributed by atoms with Crippen LogP contribution in [0, 0.1) is 5.82 Å². The number of anilines is 1. The lowest BCUT2D eigenvalue weighted by atomic mass is 9.91. The molecule has 3 saturated heterocycles. The molecule has 5 heterocycles. The summed E-state index contributed by atoms with van der Waals surface area (Å²) in [5.74, 6) is -0.226. The molecule has 4 atom stereocenters. The van der Waals surface area contributed by atoms with E-state index >= 15 is 0 Å². The molecule has 2 bridgehead atoms. The second-order valence-corrected chi connectivity index (χ2v) is 14.7. The van der Waals surface area contributed by atoms with E-state index in [0.717, 1.165) is 48.6 Å². The Morgan fingerprint density at radius 3 is 2.50 bits per heavy atom. The van der Waals surface area contributed by atoms with Gasteiger partial charge in [-0.2, -0.15) is 0 Å². The van der Waals surface area contributed by atoms with E-state index in [-0.39, 0.29) is 48.0 Å². The summed E-state index contributed by atoms with van der Waals surface area (Å²) in [5, 5.41) is 0. The topological polar surface area (TPSA) is 78.5 Å². The standard InChI is InChI=1S/C34H46FN5O4/c1-22-15-37(27(16-38-18-28-13-26(38)20-43-28)17-39(22)32(42)44-33(2,3)4)19-30(41)40-21-34(5,6)31-29(40)12-24(14-36-31)11-23-7-9-25(35)10-8-23/h7-10,12,14,22,26-28H,11,13,15-21H2,1-6H3/t22-,26?,27+,28?/m1/s1. The molecule has 6 rings (SSSR count). The fourth-order valence-corrected chi connectivity index (χ4v) is 7.22. The van der Waals surface area contributed by atoms with Crippen molar-refractivity contribution in [2.45, 2.75) is 89.6 Å². The monoisotopic (exact) mass is 607 g/mol. The molecule has 1 aromatic carbocycles. The zero-order valence-corrected chi connectivity index (χ0v) is 26.9. The first kappa shape index (κ1) is 30.9. The Balaban J connectivity index is 1.21. The minimum absolute atomic E-state index is 0.0139. The lowest BCUT2D eigenvalue weighted by molar-refractivity contribution is -0.121. The van der Waals surface area contributed by atoms with Gasteiger partial charge in [-0.05, 0) is 69.9 Å². The van der Waals surface area contributed by atoms with Gasteiger partial charge in [-0.3, -0.25) is 19.6 Å². The summed E-state index contributed by atoms with van der Waals surface area (Å²) in [5.41, 5.74) is 2.88. The molecule has 10 heteroatoms. The average Bonchev–Trinajstić information content (AvgIpc) is 3.63. The fraction of sp³-hybridized carbons (Fsp3) is 0.618. The maximum Gasteiger partial charge on any atom is 0.410 e. The van der Waals surface area contributed by atoms with Crippen LogP contribution in [0.4, 0.5) is 14.9 Å². The van der Waals surface area contributed by atoms with E-state index in [1.54, 1.807) is 12.1 Å². The number of rotatable bonds is 6. The van der Waals surface area contributed by atoms with Gasteiger partial charge in [0.05, 0.1) is 30.6 Å². The summed E-state index contributed by atoms with van der Waals surface area (Å²) in [6, 6.07) is 8.85. The molecule has 0 radical (unpaired) electrons. The van der Waals surface area contributed by atoms with E-state index in [9.17, 15) is 14.0 Å². The summed E-state index contributed by atoms with van der Waals surface area (Å²) in [6.07, 6.45) is 3.50. The normalized spacial score (nSPS) is 26.7. The van der Waals surface area contributed by atoms with Gasteiger partial charge in [0, 0.05) is 62.5 Å². The number of carbonyl (C=O) groups excluding carboxylic acids is 2. The number of piperazine rings is 1. The number of amides is 2. The molecule has 44 heavy (non-hydrogen) atoms. The molecule has 3 fully saturated rings. The molecule has 2 amide bonds. The molecular formula is C34H46FN5O4. The highest BCUT2D eigenvalue weighted by Crippen LogP contribution is 2.40. The van der Waals surface area contributed by atoms with Crippen molar-refractivity contribution in [3.05, 3.63) is 59.2 Å². The third-order valence-corrected chi connectivity index (χ3v) is 9.41. The van der Waals surface area contributed by atoms with Crippen LogP contribution in [-0.4, -0.2) is 107 Å². The second-order valence-electron chi connectivity index (χ2n) is 14.7. The first-order valence-electron chi connectivity index (χ1n) is 15.9. The average molecular weight is 608 g/mol. The van der Waals surface area contributed by atoms with Gasteiger partial charge < -0.3 is 19.3 Å². The van der Waals surface area contributed by atoms with Crippen LogP contribution in [-0.2, 0) is 26.1 Å². The molecule has 2 unspecified atom stereocenters. The highest BCUT2D eigenvalue weighted by Gasteiger charge is 2.45. The number of fused-ring (bicyclic) bond motifs is 3. The Labute approximate surface area is 260 Å². The van der Waals surface area contributed by atoms with Crippen LogP contribution in [0.5, 0.6) is 0 Å². The summed E-state index contributed by atoms with van der Waals surface area (Å²) in [4.78, 5) is 40.7. The first-order valence-corrected chi connectivity index (χ1v) is 15.9. The first-order chi connectivity index (χ1) is 20.8. The summed E-state index contributed by atoms with van der Waals surface area (Å²) in [7, 11) is 0. The van der Waals surface area contributed by atoms with Gasteiger partial charge >= 0.3 is 6.09 Å². The van der Waals surface area contributed by atoms with Crippen LogP contribution in [0.2, 0.25) is 0 Å². The number of likely N-dealkylation sites (tertiary alicyclic amines) is 1. The highest BCUT2D eigenvalue weighted by atomic mass is 19.1. The summed E-state index contributed by atoms with van der Waals surface area (Å²) >= 11 is 0. The molecule has 4 aliphatic rings. The molecule has 1 aromatic heterocycles. The lowest BCUT2D eigenvalue weighted by Gasteiger charge is -2.47. The van der Waals surface area contributed by atoms with Crippen molar-refractivity contribution in [2.24, 2.45) is 0 Å². The van der Waals surface area contributed by atoms with Crippen LogP contribution >= 0.6 is 0 Å². The lowest BCUT2D eigenvalue weighted by Crippen LogP contribution is -2.64. The minimum Gasteiger partial charge on any atom is -0.444 e. The predicted molar refractivity (Wildman–Crippen MR) is 166 cm³/mol. The molecule has 238 valence electrons. The van der Waals surface area contributed by atoms with Crippen molar-refractivity contribution >= 4 is 17.7 Å². The van der Waals surface area contributed by atoms with E-state index in [1.165, 1.54) is 12.1 Å². The second kappa shape index (κ2) is 11.7. The summed E-state index contributed by atoms with van der Waals surface area (Å²) in [6.45, 7) is 16.3. The number of carbonyl (C=O) groups is 2. The number of aromatic nitrogens is 1. The number of morpholine rings is 1. The van der Waals surface area contributed by atoms with Crippen molar-refractivity contribution in [1.29, 1.82) is 0 Å². The van der Waals surface area contributed by atoms with E-state index in [2.05, 4.69) is 29.7 Å². The van der Waals surface area contributed by atoms with Gasteiger partial charge in [-0.25, -0.2) is 9.18 Å². The van der Waals surface area contributed by atoms with E-state index < -0.39 is 5.60 Å². The van der Waals surface area contributed by atoms with E-state index in [4.69, 9.17) is 14.5 Å². The Morgan fingerprint density at radius 1 is 1.09 bits per heavy atom. The molecule has 0 N–H and O–H groups in total. The third-order valence-electron chi connectivity index (χ3n) is 9.41. The minimum atomic E-state index is -0.579. The third kappa shape index (κ3) is 6.48. The fourth-order valence-electron chi connectivity index (χ4n) is 7.22. The van der Waals surface area contributed by atoms with Crippen LogP contribution in [0.25, 0.3) is 0 Å². The van der Waals surface area contributed by atoms with E-state index in [1.807, 2.05) is 43.7 Å². The number of halogens is 1. The van der Waals surface area contributed by atoms with Gasteiger partial charge in [0.15, 0.2) is 0 Å². The van der Waals surface area contributed by atoms with Gasteiger partial charge in [-0.15, -0.1) is 0 Å². The molecule has 0 aliphatic carbocycles. The smallest absolute Gasteiger partial charge is 0.410 e. The van der Waals surface area contributed by atoms with Crippen LogP contribution in [0.15, 0.2) is 36.5 Å². The number of nitrogens with zero attached hydrogens (tertiary/aromatic N) is 5. The van der Waals surface area contributed by atoms with Gasteiger partial charge in [0.25, 0.3) is 0 Å². The molecule has 4 aliphatic heterocycles. The predicted octanol–water partition coefficient (Wildman–Crippen LogP) is 4.22. The van der Waals surface area contributed by atoms with Crippen molar-refractivity contribution in [3.63, 3.8) is 0 Å². The maximum absolute atomic E-state index is 14.2. The molecule has 2 aromatic rings. The molecule has 0 saturated carbocycles. The Hall–Kier alpha value is -3.08. The number of benzene rings is 1. The zero-order valence-electron chi connectivity index (χ0n) is 26.9. The summed E-state index contributed by atoms with van der Waals surface area (Å²) < 4.78 is 25.1. The quantitative estimate of drug-likeness (QED) is 0.487. The Morgan fingerprint density at radius 2 is 1.84 bits per heavy atom. The van der Waals surface area contributed by atoms with Crippen molar-refractivity contribution in [3.8, 4) is 0 Å². The maximum atomic E-state index is 14.2. The van der Waals surface area contributed by atoms with Crippen molar-refractivity contribution < 1.29 is 23.5 Å². The van der Waals surface area contributed by atoms with Crippen LogP contribution in [0.3, 0.4) is 0 Å². The number of hydrogen-bond donors (Lipinski definition) is 0.